The predicted molar refractivity (Wildman–Crippen MR) is 109 cm³/mol. The summed E-state index contributed by atoms with van der Waals surface area (Å²) < 4.78 is 18.1. The van der Waals surface area contributed by atoms with Gasteiger partial charge in [-0.3, -0.25) is 9.67 Å². The first kappa shape index (κ1) is 20.0. The SMILES string of the molecule is Cn1nc([S@@](N)(=O)=NC(=O)Nc2c3c(nc4c2CCC4)CCC3)cc1C(C)(C)O. The van der Waals surface area contributed by atoms with Crippen LogP contribution in [0.5, 0.6) is 0 Å². The van der Waals surface area contributed by atoms with Gasteiger partial charge in [0.25, 0.3) is 0 Å². The van der Waals surface area contributed by atoms with Gasteiger partial charge in [-0.25, -0.2) is 14.1 Å². The van der Waals surface area contributed by atoms with Crippen molar-refractivity contribution in [1.82, 2.24) is 14.8 Å². The number of nitrogens with two attached hydrogens (primary N) is 1. The highest BCUT2D eigenvalue weighted by Gasteiger charge is 2.28. The van der Waals surface area contributed by atoms with E-state index in [-0.39, 0.29) is 5.03 Å². The van der Waals surface area contributed by atoms with Crippen molar-refractivity contribution in [2.24, 2.45) is 16.5 Å². The van der Waals surface area contributed by atoms with Gasteiger partial charge >= 0.3 is 6.03 Å². The third-order valence-corrected chi connectivity index (χ3v) is 6.72. The topological polar surface area (TPSA) is 135 Å². The van der Waals surface area contributed by atoms with E-state index in [0.29, 0.717) is 5.69 Å². The number of urea groups is 1. The number of fused-ring (bicyclic) bond motifs is 2. The van der Waals surface area contributed by atoms with Crippen LogP contribution in [0.15, 0.2) is 15.5 Å². The predicted octanol–water partition coefficient (Wildman–Crippen LogP) is 1.95. The average Bonchev–Trinajstić information content (AvgIpc) is 3.31. The first-order chi connectivity index (χ1) is 13.6. The Bertz CT molecular complexity index is 1090. The number of carbonyl (C=O) groups is 1. The van der Waals surface area contributed by atoms with E-state index >= 15 is 0 Å². The standard InChI is InChI=1S/C19H26N6O3S/c1-19(2,27)15-10-16(23-25(15)3)29(20,28)24-18(26)22-17-11-6-4-8-13(11)21-14-9-5-7-12(14)17/h10,27H,4-9H2,1-3H3,(H3,20,21,22,24,26,28)/t29-/m0/s1. The normalized spacial score (nSPS) is 17.6. The smallest absolute Gasteiger partial charge is 0.354 e. The molecule has 0 saturated carbocycles. The van der Waals surface area contributed by atoms with Crippen molar-refractivity contribution < 1.29 is 14.1 Å². The van der Waals surface area contributed by atoms with Gasteiger partial charge in [-0.15, -0.1) is 4.36 Å². The van der Waals surface area contributed by atoms with Crippen LogP contribution in [0.25, 0.3) is 0 Å². The number of pyridine rings is 1. The molecule has 2 aromatic rings. The number of anilines is 1. The van der Waals surface area contributed by atoms with Crippen LogP contribution in [0.3, 0.4) is 0 Å². The maximum Gasteiger partial charge on any atom is 0.354 e. The quantitative estimate of drug-likeness (QED) is 0.700. The summed E-state index contributed by atoms with van der Waals surface area (Å²) in [5.41, 5.74) is 4.17. The molecule has 0 fully saturated rings. The summed E-state index contributed by atoms with van der Waals surface area (Å²) in [6, 6.07) is 0.656. The Hall–Kier alpha value is -2.30. The molecule has 1 atom stereocenters. The number of aryl methyl sites for hydroxylation is 3. The third-order valence-electron chi connectivity index (χ3n) is 5.49. The van der Waals surface area contributed by atoms with Crippen LogP contribution >= 0.6 is 0 Å². The van der Waals surface area contributed by atoms with E-state index in [9.17, 15) is 14.1 Å². The number of carbonyl (C=O) groups excluding carboxylic acids is 1. The van der Waals surface area contributed by atoms with Gasteiger partial charge in [0.2, 0.25) is 0 Å². The number of hydrogen-bond acceptors (Lipinski definition) is 5. The zero-order valence-corrected chi connectivity index (χ0v) is 17.7. The Morgan fingerprint density at radius 1 is 1.24 bits per heavy atom. The first-order valence-electron chi connectivity index (χ1n) is 9.72. The number of hydrogen-bond donors (Lipinski definition) is 3. The van der Waals surface area contributed by atoms with Crippen LogP contribution in [-0.4, -0.2) is 30.1 Å². The summed E-state index contributed by atoms with van der Waals surface area (Å²) in [6.45, 7) is 3.17. The molecule has 0 bridgehead atoms. The lowest BCUT2D eigenvalue weighted by Gasteiger charge is -2.16. The van der Waals surface area contributed by atoms with Crippen molar-refractivity contribution in [3.8, 4) is 0 Å². The van der Waals surface area contributed by atoms with Crippen LogP contribution in [0, 0.1) is 0 Å². The second-order valence-electron chi connectivity index (χ2n) is 8.18. The van der Waals surface area contributed by atoms with Crippen molar-refractivity contribution in [2.45, 2.75) is 63.0 Å². The third kappa shape index (κ3) is 3.67. The Kier molecular flexibility index (Phi) is 4.75. The minimum Gasteiger partial charge on any atom is -0.384 e. The molecule has 0 saturated heterocycles. The van der Waals surface area contributed by atoms with E-state index in [1.807, 2.05) is 0 Å². The van der Waals surface area contributed by atoms with E-state index in [2.05, 4.69) is 14.8 Å². The summed E-state index contributed by atoms with van der Waals surface area (Å²) in [5.74, 6) is 0. The number of aliphatic hydroxyl groups is 1. The van der Waals surface area contributed by atoms with Gasteiger partial charge in [-0.2, -0.15) is 5.10 Å². The van der Waals surface area contributed by atoms with Crippen molar-refractivity contribution in [3.05, 3.63) is 34.3 Å². The number of aromatic nitrogens is 3. The molecule has 0 spiro atoms. The zero-order valence-electron chi connectivity index (χ0n) is 16.9. The monoisotopic (exact) mass is 418 g/mol. The van der Waals surface area contributed by atoms with Crippen LogP contribution in [0.1, 0.15) is 54.9 Å². The molecule has 0 aliphatic heterocycles. The molecule has 2 aliphatic rings. The molecule has 4 N–H and O–H groups in total. The van der Waals surface area contributed by atoms with Gasteiger partial charge in [-0.05, 0) is 63.5 Å². The minimum atomic E-state index is -3.57. The maximum atomic E-state index is 12.9. The number of nitrogens with one attached hydrogen (secondary N) is 1. The van der Waals surface area contributed by atoms with Gasteiger partial charge in [0, 0.05) is 24.5 Å². The molecule has 4 rings (SSSR count). The number of rotatable bonds is 3. The summed E-state index contributed by atoms with van der Waals surface area (Å²) in [5, 5.41) is 23.0. The largest absolute Gasteiger partial charge is 0.384 e. The van der Waals surface area contributed by atoms with Crippen molar-refractivity contribution in [2.75, 3.05) is 5.32 Å². The van der Waals surface area contributed by atoms with E-state index in [1.54, 1.807) is 20.9 Å². The molecule has 2 amide bonds. The van der Waals surface area contributed by atoms with Gasteiger partial charge in [-0.1, -0.05) is 0 Å². The lowest BCUT2D eigenvalue weighted by Crippen LogP contribution is -2.19. The fraction of sp³-hybridized carbons (Fsp3) is 0.526. The average molecular weight is 419 g/mol. The van der Waals surface area contributed by atoms with Gasteiger partial charge < -0.3 is 10.4 Å². The fourth-order valence-electron chi connectivity index (χ4n) is 4.19. The second-order valence-corrected chi connectivity index (χ2v) is 9.92. The molecule has 10 heteroatoms. The number of amides is 2. The zero-order chi connectivity index (χ0) is 21.0. The summed E-state index contributed by atoms with van der Waals surface area (Å²) in [4.78, 5) is 17.4. The summed E-state index contributed by atoms with van der Waals surface area (Å²) in [6.07, 6.45) is 5.55. The van der Waals surface area contributed by atoms with E-state index < -0.39 is 21.5 Å². The van der Waals surface area contributed by atoms with Crippen LogP contribution in [0.4, 0.5) is 10.5 Å². The molecule has 2 aliphatic carbocycles. The molecule has 9 nitrogen and oxygen atoms in total. The molecular weight excluding hydrogens is 392 g/mol. The van der Waals surface area contributed by atoms with Crippen LogP contribution < -0.4 is 10.5 Å². The van der Waals surface area contributed by atoms with Crippen LogP contribution in [0.2, 0.25) is 0 Å². The highest BCUT2D eigenvalue weighted by Crippen LogP contribution is 2.36. The van der Waals surface area contributed by atoms with Crippen molar-refractivity contribution >= 4 is 21.6 Å². The van der Waals surface area contributed by atoms with Crippen molar-refractivity contribution in [1.29, 1.82) is 0 Å². The second kappa shape index (κ2) is 6.89. The lowest BCUT2D eigenvalue weighted by molar-refractivity contribution is 0.0695. The summed E-state index contributed by atoms with van der Waals surface area (Å²) >= 11 is 0. The number of nitrogens with zero attached hydrogens (tertiary/aromatic N) is 4. The fourth-order valence-corrected chi connectivity index (χ4v) is 5.10. The Balaban J connectivity index is 1.67. The Morgan fingerprint density at radius 2 is 1.83 bits per heavy atom. The molecule has 2 aromatic heterocycles. The highest BCUT2D eigenvalue weighted by atomic mass is 32.2. The molecular formula is C19H26N6O3S. The maximum absolute atomic E-state index is 12.9. The van der Waals surface area contributed by atoms with Crippen molar-refractivity contribution in [3.63, 3.8) is 0 Å². The summed E-state index contributed by atoms with van der Waals surface area (Å²) in [7, 11) is -1.96. The van der Waals surface area contributed by atoms with Gasteiger partial charge in [0.05, 0.1) is 11.4 Å². The molecule has 0 aromatic carbocycles. The molecule has 29 heavy (non-hydrogen) atoms. The molecule has 0 unspecified atom stereocenters. The van der Waals surface area contributed by atoms with E-state index in [4.69, 9.17) is 10.1 Å². The van der Waals surface area contributed by atoms with Crippen LogP contribution in [-0.2, 0) is 48.2 Å². The Morgan fingerprint density at radius 3 is 2.34 bits per heavy atom. The Labute approximate surface area is 170 Å². The van der Waals surface area contributed by atoms with E-state index in [0.717, 1.165) is 66.7 Å². The van der Waals surface area contributed by atoms with Gasteiger partial charge in [0.1, 0.15) is 5.60 Å². The minimum absolute atomic E-state index is 0.0440. The molecule has 2 heterocycles. The first-order valence-corrected chi connectivity index (χ1v) is 11.3. The highest BCUT2D eigenvalue weighted by molar-refractivity contribution is 7.91. The van der Waals surface area contributed by atoms with Gasteiger partial charge in [0.15, 0.2) is 14.9 Å². The molecule has 156 valence electrons. The molecule has 0 radical (unpaired) electrons. The van der Waals surface area contributed by atoms with E-state index in [1.165, 1.54) is 10.7 Å². The lowest BCUT2D eigenvalue weighted by atomic mass is 10.1.